The summed E-state index contributed by atoms with van der Waals surface area (Å²) >= 11 is 0. The lowest BCUT2D eigenvalue weighted by Crippen LogP contribution is -2.00. The van der Waals surface area contributed by atoms with Crippen LogP contribution in [0.1, 0.15) is 17.0 Å². The second-order valence-electron chi connectivity index (χ2n) is 3.99. The molecule has 0 aliphatic carbocycles. The molecular formula is C13H14FN3O. The van der Waals surface area contributed by atoms with E-state index < -0.39 is 0 Å². The topological polar surface area (TPSA) is 61.0 Å². The first kappa shape index (κ1) is 12.4. The van der Waals surface area contributed by atoms with Gasteiger partial charge in [0.25, 0.3) is 0 Å². The molecule has 0 aliphatic rings. The van der Waals surface area contributed by atoms with Gasteiger partial charge in [-0.15, -0.1) is 0 Å². The minimum absolute atomic E-state index is 0.159. The van der Waals surface area contributed by atoms with Crippen LogP contribution < -0.4 is 10.5 Å². The highest BCUT2D eigenvalue weighted by molar-refractivity contribution is 5.30. The molecule has 0 unspecified atom stereocenters. The molecule has 0 saturated heterocycles. The molecule has 0 radical (unpaired) electrons. The van der Waals surface area contributed by atoms with Gasteiger partial charge in [-0.3, -0.25) is 0 Å². The lowest BCUT2D eigenvalue weighted by Gasteiger charge is -2.07. The molecule has 0 amide bonds. The zero-order valence-corrected chi connectivity index (χ0v) is 10.3. The summed E-state index contributed by atoms with van der Waals surface area (Å²) in [6.07, 6.45) is 0. The van der Waals surface area contributed by atoms with Crippen molar-refractivity contribution in [2.75, 3.05) is 0 Å². The van der Waals surface area contributed by atoms with Crippen molar-refractivity contribution in [1.82, 2.24) is 9.97 Å². The number of ether oxygens (including phenoxy) is 1. The number of hydrogen-bond acceptors (Lipinski definition) is 4. The maximum Gasteiger partial charge on any atom is 0.322 e. The highest BCUT2D eigenvalue weighted by atomic mass is 19.1. The lowest BCUT2D eigenvalue weighted by molar-refractivity contribution is 0.434. The van der Waals surface area contributed by atoms with Gasteiger partial charge in [0, 0.05) is 29.6 Å². The van der Waals surface area contributed by atoms with Gasteiger partial charge in [-0.25, -0.2) is 14.4 Å². The van der Waals surface area contributed by atoms with Crippen molar-refractivity contribution in [2.45, 2.75) is 20.4 Å². The fourth-order valence-electron chi connectivity index (χ4n) is 1.60. The van der Waals surface area contributed by atoms with Gasteiger partial charge < -0.3 is 10.5 Å². The van der Waals surface area contributed by atoms with Crippen molar-refractivity contribution in [3.63, 3.8) is 0 Å². The molecule has 94 valence electrons. The number of nitrogens with zero attached hydrogens (tertiary/aromatic N) is 2. The molecule has 2 aromatic rings. The molecule has 4 nitrogen and oxygen atoms in total. The molecule has 0 aliphatic heterocycles. The summed E-state index contributed by atoms with van der Waals surface area (Å²) in [5.74, 6) is -0.0333. The second kappa shape index (κ2) is 5.10. The van der Waals surface area contributed by atoms with Gasteiger partial charge in [-0.05, 0) is 26.0 Å². The van der Waals surface area contributed by atoms with Gasteiger partial charge in [0.05, 0.1) is 0 Å². The molecule has 1 aromatic heterocycles. The van der Waals surface area contributed by atoms with E-state index in [-0.39, 0.29) is 18.4 Å². The van der Waals surface area contributed by atoms with Crippen molar-refractivity contribution in [3.8, 4) is 11.8 Å². The van der Waals surface area contributed by atoms with Gasteiger partial charge in [0.1, 0.15) is 11.6 Å². The van der Waals surface area contributed by atoms with E-state index in [1.807, 2.05) is 19.9 Å². The Morgan fingerprint density at radius 2 is 1.83 bits per heavy atom. The predicted octanol–water partition coefficient (Wildman–Crippen LogP) is 2.48. The predicted molar refractivity (Wildman–Crippen MR) is 65.9 cm³/mol. The van der Waals surface area contributed by atoms with Crippen molar-refractivity contribution in [2.24, 2.45) is 5.73 Å². The Hall–Kier alpha value is -2.01. The average Bonchev–Trinajstić information content (AvgIpc) is 2.27. The van der Waals surface area contributed by atoms with Crippen LogP contribution in [0.2, 0.25) is 0 Å². The monoisotopic (exact) mass is 247 g/mol. The average molecular weight is 247 g/mol. The summed E-state index contributed by atoms with van der Waals surface area (Å²) in [5, 5.41) is 0. The summed E-state index contributed by atoms with van der Waals surface area (Å²) in [7, 11) is 0. The first-order valence-electron chi connectivity index (χ1n) is 5.57. The Bertz CT molecular complexity index is 552. The van der Waals surface area contributed by atoms with E-state index in [0.717, 1.165) is 11.4 Å². The molecule has 18 heavy (non-hydrogen) atoms. The highest BCUT2D eigenvalue weighted by Crippen LogP contribution is 2.21. The number of aryl methyl sites for hydroxylation is 2. The van der Waals surface area contributed by atoms with Gasteiger partial charge in [-0.2, -0.15) is 0 Å². The van der Waals surface area contributed by atoms with Crippen LogP contribution in [0.15, 0.2) is 24.3 Å². The Balaban J connectivity index is 2.25. The van der Waals surface area contributed by atoms with Crippen molar-refractivity contribution < 1.29 is 9.13 Å². The second-order valence-corrected chi connectivity index (χ2v) is 3.99. The third-order valence-corrected chi connectivity index (χ3v) is 2.42. The zero-order chi connectivity index (χ0) is 13.1. The van der Waals surface area contributed by atoms with E-state index >= 15 is 0 Å². The zero-order valence-electron chi connectivity index (χ0n) is 10.3. The number of halogens is 1. The molecule has 1 heterocycles. The van der Waals surface area contributed by atoms with E-state index in [0.29, 0.717) is 11.3 Å². The van der Waals surface area contributed by atoms with Crippen LogP contribution in [0.5, 0.6) is 11.8 Å². The molecule has 2 rings (SSSR count). The van der Waals surface area contributed by atoms with Crippen LogP contribution in [0.4, 0.5) is 4.39 Å². The first-order chi connectivity index (χ1) is 8.58. The van der Waals surface area contributed by atoms with Crippen LogP contribution >= 0.6 is 0 Å². The summed E-state index contributed by atoms with van der Waals surface area (Å²) < 4.78 is 18.9. The molecule has 2 N–H and O–H groups in total. The number of benzene rings is 1. The molecule has 0 spiro atoms. The first-order valence-corrected chi connectivity index (χ1v) is 5.57. The van der Waals surface area contributed by atoms with Gasteiger partial charge in [-0.1, -0.05) is 6.07 Å². The number of rotatable bonds is 3. The largest absolute Gasteiger partial charge is 0.424 e. The third kappa shape index (κ3) is 2.81. The number of hydrogen-bond donors (Lipinski definition) is 1. The summed E-state index contributed by atoms with van der Waals surface area (Å²) in [6.45, 7) is 3.85. The standard InChI is InChI=1S/C13H14FN3O/c1-8-5-9(2)17-13(16-8)18-11-4-3-10(7-15)12(14)6-11/h3-6H,7,15H2,1-2H3. The van der Waals surface area contributed by atoms with E-state index in [1.165, 1.54) is 6.07 Å². The molecular weight excluding hydrogens is 233 g/mol. The Morgan fingerprint density at radius 1 is 1.17 bits per heavy atom. The summed E-state index contributed by atoms with van der Waals surface area (Å²) in [5.41, 5.74) is 7.44. The molecule has 0 bridgehead atoms. The van der Waals surface area contributed by atoms with Gasteiger partial charge in [0.15, 0.2) is 0 Å². The molecule has 0 saturated carbocycles. The molecule has 0 atom stereocenters. The molecule has 1 aromatic carbocycles. The summed E-state index contributed by atoms with van der Waals surface area (Å²) in [4.78, 5) is 8.24. The SMILES string of the molecule is Cc1cc(C)nc(Oc2ccc(CN)c(F)c2)n1. The van der Waals surface area contributed by atoms with Crippen LogP contribution in [0.3, 0.4) is 0 Å². The van der Waals surface area contributed by atoms with Crippen LogP contribution in [-0.4, -0.2) is 9.97 Å². The fraction of sp³-hybridized carbons (Fsp3) is 0.231. The maximum atomic E-state index is 13.5. The Labute approximate surface area is 105 Å². The van der Waals surface area contributed by atoms with E-state index in [1.54, 1.807) is 12.1 Å². The minimum atomic E-state index is -0.389. The maximum absolute atomic E-state index is 13.5. The highest BCUT2D eigenvalue weighted by Gasteiger charge is 2.06. The van der Waals surface area contributed by atoms with Crippen LogP contribution in [0, 0.1) is 19.7 Å². The quantitative estimate of drug-likeness (QED) is 0.905. The van der Waals surface area contributed by atoms with E-state index in [9.17, 15) is 4.39 Å². The minimum Gasteiger partial charge on any atom is -0.424 e. The molecule has 0 fully saturated rings. The Morgan fingerprint density at radius 3 is 2.39 bits per heavy atom. The van der Waals surface area contributed by atoms with Gasteiger partial charge in [0.2, 0.25) is 0 Å². The third-order valence-electron chi connectivity index (χ3n) is 2.42. The smallest absolute Gasteiger partial charge is 0.322 e. The molecule has 5 heteroatoms. The van der Waals surface area contributed by atoms with E-state index in [4.69, 9.17) is 10.5 Å². The lowest BCUT2D eigenvalue weighted by atomic mass is 10.2. The fourth-order valence-corrected chi connectivity index (χ4v) is 1.60. The van der Waals surface area contributed by atoms with Gasteiger partial charge >= 0.3 is 6.01 Å². The number of aromatic nitrogens is 2. The summed E-state index contributed by atoms with van der Waals surface area (Å²) in [6, 6.07) is 6.57. The van der Waals surface area contributed by atoms with Crippen LogP contribution in [-0.2, 0) is 6.54 Å². The van der Waals surface area contributed by atoms with Crippen LogP contribution in [0.25, 0.3) is 0 Å². The van der Waals surface area contributed by atoms with Crippen molar-refractivity contribution in [1.29, 1.82) is 0 Å². The number of nitrogens with two attached hydrogens (primary N) is 1. The van der Waals surface area contributed by atoms with Crippen molar-refractivity contribution in [3.05, 3.63) is 47.0 Å². The normalized spacial score (nSPS) is 10.4. The van der Waals surface area contributed by atoms with Crippen molar-refractivity contribution >= 4 is 0 Å². The van der Waals surface area contributed by atoms with E-state index in [2.05, 4.69) is 9.97 Å². The Kier molecular flexibility index (Phi) is 3.53.